The number of carbonyl (C=O) groups excluding carboxylic acids is 1. The Labute approximate surface area is 53.6 Å². The Morgan fingerprint density at radius 1 is 1.89 bits per heavy atom. The lowest BCUT2D eigenvalue weighted by molar-refractivity contribution is -0.123. The van der Waals surface area contributed by atoms with Gasteiger partial charge < -0.3 is 9.84 Å². The zero-order valence-corrected chi connectivity index (χ0v) is 5.26. The first-order chi connectivity index (χ1) is 4.13. The molecule has 53 valence electrons. The summed E-state index contributed by atoms with van der Waals surface area (Å²) in [4.78, 5) is 9.93. The quantitative estimate of drug-likeness (QED) is 0.526. The van der Waals surface area contributed by atoms with E-state index >= 15 is 0 Å². The van der Waals surface area contributed by atoms with Crippen molar-refractivity contribution in [2.24, 2.45) is 0 Å². The molecule has 0 aromatic heterocycles. The fourth-order valence-electron chi connectivity index (χ4n) is 0.322. The molecule has 0 aromatic rings. The van der Waals surface area contributed by atoms with Gasteiger partial charge >= 0.3 is 0 Å². The monoisotopic (exact) mass is 132 g/mol. The molecule has 1 unspecified atom stereocenters. The maximum atomic E-state index is 9.93. The van der Waals surface area contributed by atoms with Gasteiger partial charge in [-0.2, -0.15) is 0 Å². The van der Waals surface area contributed by atoms with Crippen molar-refractivity contribution in [2.75, 3.05) is 6.61 Å². The summed E-state index contributed by atoms with van der Waals surface area (Å²) in [5, 5.41) is 8.47. The Kier molecular flexibility index (Phi) is 4.00. The predicted molar refractivity (Wildman–Crippen MR) is 30.4 cm³/mol. The highest BCUT2D eigenvalue weighted by molar-refractivity contribution is 5.72. The number of ether oxygens (including phenoxy) is 1. The van der Waals surface area contributed by atoms with E-state index in [1.165, 1.54) is 6.92 Å². The second-order valence-corrected chi connectivity index (χ2v) is 1.64. The van der Waals surface area contributed by atoms with Crippen molar-refractivity contribution in [2.45, 2.75) is 19.6 Å². The molecule has 0 aromatic carbocycles. The fourth-order valence-corrected chi connectivity index (χ4v) is 0.322. The molecule has 1 atom stereocenters. The zero-order chi connectivity index (χ0) is 7.28. The van der Waals surface area contributed by atoms with Crippen molar-refractivity contribution >= 4 is 5.91 Å². The molecule has 1 radical (unpaired) electrons. The first-order valence-electron chi connectivity index (χ1n) is 2.67. The number of aliphatic hydroxyl groups excluding tert-OH is 1. The molecule has 0 aliphatic heterocycles. The van der Waals surface area contributed by atoms with Crippen LogP contribution in [0.15, 0.2) is 0 Å². The Hall–Kier alpha value is -0.610. The van der Waals surface area contributed by atoms with Gasteiger partial charge in [0, 0.05) is 0 Å². The number of hydrogen-bond donors (Lipinski definition) is 1. The van der Waals surface area contributed by atoms with E-state index in [4.69, 9.17) is 10.8 Å². The van der Waals surface area contributed by atoms with E-state index in [0.29, 0.717) is 0 Å². The molecular weight excluding hydrogens is 122 g/mol. The van der Waals surface area contributed by atoms with Crippen LogP contribution in [0, 0.1) is 0 Å². The van der Waals surface area contributed by atoms with Gasteiger partial charge in [-0.05, 0) is 6.92 Å². The number of nitrogens with one attached hydrogen (secondary N) is 1. The average molecular weight is 132 g/mol. The van der Waals surface area contributed by atoms with Crippen LogP contribution in [-0.4, -0.2) is 23.9 Å². The Balaban J connectivity index is 3.01. The second-order valence-electron chi connectivity index (χ2n) is 1.64. The maximum absolute atomic E-state index is 9.93. The van der Waals surface area contributed by atoms with Crippen molar-refractivity contribution in [3.05, 3.63) is 0 Å². The van der Waals surface area contributed by atoms with Gasteiger partial charge in [-0.3, -0.25) is 10.5 Å². The summed E-state index contributed by atoms with van der Waals surface area (Å²) >= 11 is 0. The lowest BCUT2D eigenvalue weighted by Gasteiger charge is -2.02. The average Bonchev–Trinajstić information content (AvgIpc) is 1.63. The van der Waals surface area contributed by atoms with E-state index in [1.54, 1.807) is 0 Å². The topological polar surface area (TPSA) is 70.3 Å². The summed E-state index contributed by atoms with van der Waals surface area (Å²) in [6.07, 6.45) is -0.797. The van der Waals surface area contributed by atoms with Gasteiger partial charge in [0.15, 0.2) is 6.29 Å². The molecule has 0 bridgehead atoms. The van der Waals surface area contributed by atoms with Crippen LogP contribution in [0.5, 0.6) is 0 Å². The molecule has 4 heteroatoms. The highest BCUT2D eigenvalue weighted by Gasteiger charge is 1.97. The standard InChI is InChI=1S/C5H10NO3/c1-4(7)9-3-2-5(6)8/h4,6-7H,2-3H2,1H3. The Bertz CT molecular complexity index is 92.2. The summed E-state index contributed by atoms with van der Waals surface area (Å²) in [6.45, 7) is 1.58. The largest absolute Gasteiger partial charge is 0.368 e. The van der Waals surface area contributed by atoms with Gasteiger partial charge in [0.1, 0.15) is 0 Å². The third kappa shape index (κ3) is 7.39. The highest BCUT2D eigenvalue weighted by Crippen LogP contribution is 1.86. The van der Waals surface area contributed by atoms with Crippen LogP contribution in [0.4, 0.5) is 0 Å². The first kappa shape index (κ1) is 8.39. The van der Waals surface area contributed by atoms with Crippen molar-refractivity contribution < 1.29 is 14.6 Å². The summed E-state index contributed by atoms with van der Waals surface area (Å²) in [5.74, 6) is -0.671. The zero-order valence-electron chi connectivity index (χ0n) is 5.26. The van der Waals surface area contributed by atoms with E-state index in [-0.39, 0.29) is 13.0 Å². The van der Waals surface area contributed by atoms with Crippen molar-refractivity contribution in [1.82, 2.24) is 5.73 Å². The smallest absolute Gasteiger partial charge is 0.240 e. The third-order valence-electron chi connectivity index (χ3n) is 0.688. The van der Waals surface area contributed by atoms with E-state index in [1.807, 2.05) is 0 Å². The van der Waals surface area contributed by atoms with E-state index in [9.17, 15) is 4.79 Å². The van der Waals surface area contributed by atoms with Crippen LogP contribution in [-0.2, 0) is 9.53 Å². The van der Waals surface area contributed by atoms with E-state index < -0.39 is 12.2 Å². The summed E-state index contributed by atoms with van der Waals surface area (Å²) in [5.41, 5.74) is 6.42. The van der Waals surface area contributed by atoms with Crippen LogP contribution < -0.4 is 5.73 Å². The number of rotatable bonds is 4. The molecule has 0 aliphatic carbocycles. The van der Waals surface area contributed by atoms with Crippen molar-refractivity contribution in [1.29, 1.82) is 0 Å². The molecule has 0 saturated carbocycles. The molecule has 0 spiro atoms. The minimum absolute atomic E-state index is 0.0465. The van der Waals surface area contributed by atoms with Crippen LogP contribution in [0.25, 0.3) is 0 Å². The SMILES string of the molecule is CC(O)OCCC([NH])=O. The lowest BCUT2D eigenvalue weighted by atomic mass is 10.4. The molecule has 0 heterocycles. The van der Waals surface area contributed by atoms with E-state index in [0.717, 1.165) is 0 Å². The van der Waals surface area contributed by atoms with Gasteiger partial charge in [0.25, 0.3) is 0 Å². The minimum atomic E-state index is -0.843. The molecule has 2 N–H and O–H groups in total. The van der Waals surface area contributed by atoms with Crippen molar-refractivity contribution in [3.63, 3.8) is 0 Å². The highest BCUT2D eigenvalue weighted by atomic mass is 16.6. The molecule has 0 saturated heterocycles. The molecule has 4 nitrogen and oxygen atoms in total. The fraction of sp³-hybridized carbons (Fsp3) is 0.800. The van der Waals surface area contributed by atoms with Crippen molar-refractivity contribution in [3.8, 4) is 0 Å². The third-order valence-corrected chi connectivity index (χ3v) is 0.688. The summed E-state index contributed by atoms with van der Waals surface area (Å²) in [7, 11) is 0. The molecule has 9 heavy (non-hydrogen) atoms. The molecule has 0 fully saturated rings. The van der Waals surface area contributed by atoms with Crippen LogP contribution in [0.1, 0.15) is 13.3 Å². The van der Waals surface area contributed by atoms with Gasteiger partial charge in [-0.25, -0.2) is 0 Å². The number of amides is 1. The number of aliphatic hydroxyl groups is 1. The van der Waals surface area contributed by atoms with Crippen LogP contribution in [0.3, 0.4) is 0 Å². The number of carbonyl (C=O) groups is 1. The Morgan fingerprint density at radius 2 is 2.44 bits per heavy atom. The maximum Gasteiger partial charge on any atom is 0.240 e. The van der Waals surface area contributed by atoms with Gasteiger partial charge in [0.2, 0.25) is 5.91 Å². The molecular formula is C5H10NO3. The molecule has 0 aliphatic rings. The van der Waals surface area contributed by atoms with E-state index in [2.05, 4.69) is 4.74 Å². The van der Waals surface area contributed by atoms with Crippen LogP contribution >= 0.6 is 0 Å². The Morgan fingerprint density at radius 3 is 2.78 bits per heavy atom. The van der Waals surface area contributed by atoms with Gasteiger partial charge in [-0.1, -0.05) is 0 Å². The summed E-state index contributed by atoms with van der Waals surface area (Å²) < 4.78 is 4.57. The molecule has 0 rings (SSSR count). The van der Waals surface area contributed by atoms with Crippen LogP contribution in [0.2, 0.25) is 0 Å². The minimum Gasteiger partial charge on any atom is -0.368 e. The predicted octanol–water partition coefficient (Wildman–Crippen LogP) is -0.459. The number of hydrogen-bond acceptors (Lipinski definition) is 3. The summed E-state index contributed by atoms with van der Waals surface area (Å²) in [6, 6.07) is 0. The molecule has 1 amide bonds. The van der Waals surface area contributed by atoms with Gasteiger partial charge in [-0.15, -0.1) is 0 Å². The lowest BCUT2D eigenvalue weighted by Crippen LogP contribution is -2.10. The first-order valence-corrected chi connectivity index (χ1v) is 2.67. The van der Waals surface area contributed by atoms with Gasteiger partial charge in [0.05, 0.1) is 13.0 Å². The normalized spacial score (nSPS) is 13.1. The second kappa shape index (κ2) is 4.29.